The van der Waals surface area contributed by atoms with Gasteiger partial charge in [0.15, 0.2) is 0 Å². The summed E-state index contributed by atoms with van der Waals surface area (Å²) in [6.07, 6.45) is 4.80. The summed E-state index contributed by atoms with van der Waals surface area (Å²) >= 11 is 0. The quantitative estimate of drug-likeness (QED) is 0.721. The molecular formula is C18H34N2O2. The molecule has 3 aliphatic rings. The van der Waals surface area contributed by atoms with E-state index in [0.29, 0.717) is 12.2 Å². The first-order valence-electron chi connectivity index (χ1n) is 9.02. The number of hydrogen-bond donors (Lipinski definition) is 0. The van der Waals surface area contributed by atoms with Crippen molar-refractivity contribution < 1.29 is 9.47 Å². The van der Waals surface area contributed by atoms with E-state index in [1.54, 1.807) is 0 Å². The molecule has 0 N–H and O–H groups in total. The van der Waals surface area contributed by atoms with Gasteiger partial charge in [-0.25, -0.2) is 0 Å². The van der Waals surface area contributed by atoms with Crippen molar-refractivity contribution in [2.45, 2.75) is 83.3 Å². The molecule has 0 bridgehead atoms. The molecule has 0 aromatic heterocycles. The number of hydrogen-bond acceptors (Lipinski definition) is 4. The maximum atomic E-state index is 6.31. The van der Waals surface area contributed by atoms with Crippen molar-refractivity contribution in [2.75, 3.05) is 32.7 Å². The molecule has 0 aromatic rings. The van der Waals surface area contributed by atoms with Crippen molar-refractivity contribution >= 4 is 0 Å². The summed E-state index contributed by atoms with van der Waals surface area (Å²) in [5.41, 5.74) is -0.0208. The van der Waals surface area contributed by atoms with Crippen LogP contribution in [0.5, 0.6) is 0 Å². The van der Waals surface area contributed by atoms with Gasteiger partial charge in [-0.3, -0.25) is 9.80 Å². The number of nitrogens with zero attached hydrogens (tertiary/aromatic N) is 2. The maximum Gasteiger partial charge on any atom is 0.0836 e. The van der Waals surface area contributed by atoms with Crippen molar-refractivity contribution in [1.82, 2.24) is 9.80 Å². The van der Waals surface area contributed by atoms with Gasteiger partial charge in [-0.2, -0.15) is 0 Å². The van der Waals surface area contributed by atoms with Crippen LogP contribution in [0.2, 0.25) is 0 Å². The zero-order valence-corrected chi connectivity index (χ0v) is 15.1. The van der Waals surface area contributed by atoms with Crippen molar-refractivity contribution in [3.05, 3.63) is 0 Å². The highest BCUT2D eigenvalue weighted by molar-refractivity contribution is 4.94. The number of ether oxygens (including phenoxy) is 2. The molecule has 0 radical (unpaired) electrons. The third-order valence-corrected chi connectivity index (χ3v) is 4.90. The monoisotopic (exact) mass is 310 g/mol. The summed E-state index contributed by atoms with van der Waals surface area (Å²) < 4.78 is 12.3. The lowest BCUT2D eigenvalue weighted by Crippen LogP contribution is -2.57. The molecule has 1 aliphatic carbocycles. The van der Waals surface area contributed by atoms with Gasteiger partial charge >= 0.3 is 0 Å². The van der Waals surface area contributed by atoms with Gasteiger partial charge in [0.25, 0.3) is 0 Å². The number of rotatable bonds is 7. The van der Waals surface area contributed by atoms with Gasteiger partial charge in [-0.05, 0) is 53.9 Å². The van der Waals surface area contributed by atoms with E-state index < -0.39 is 0 Å². The molecular weight excluding hydrogens is 276 g/mol. The Kier molecular flexibility index (Phi) is 4.59. The normalized spacial score (nSPS) is 26.0. The van der Waals surface area contributed by atoms with Crippen LogP contribution in [0.1, 0.15) is 53.9 Å². The molecule has 0 spiro atoms. The lowest BCUT2D eigenvalue weighted by atomic mass is 10.0. The molecule has 3 fully saturated rings. The Bertz CT molecular complexity index is 375. The summed E-state index contributed by atoms with van der Waals surface area (Å²) in [5, 5.41) is 0. The van der Waals surface area contributed by atoms with Crippen molar-refractivity contribution in [3.63, 3.8) is 0 Å². The molecule has 4 nitrogen and oxygen atoms in total. The molecule has 2 saturated heterocycles. The van der Waals surface area contributed by atoms with E-state index in [-0.39, 0.29) is 11.2 Å². The van der Waals surface area contributed by atoms with Gasteiger partial charge in [0.1, 0.15) is 0 Å². The molecule has 0 amide bonds. The van der Waals surface area contributed by atoms with Gasteiger partial charge in [-0.15, -0.1) is 0 Å². The standard InChI is InChI=1S/C18H34N2O2/c1-17(2,3)21-15-10-19(11-15)9-8-18(4,5)22-16-12-20(13-16)14-6-7-14/h14-16H,6-13H2,1-5H3. The first kappa shape index (κ1) is 16.7. The second-order valence-corrected chi connectivity index (χ2v) is 9.05. The van der Waals surface area contributed by atoms with Crippen LogP contribution in [0.15, 0.2) is 0 Å². The van der Waals surface area contributed by atoms with E-state index in [1.807, 2.05) is 0 Å². The molecule has 22 heavy (non-hydrogen) atoms. The first-order valence-corrected chi connectivity index (χ1v) is 9.02. The predicted octanol–water partition coefficient (Wildman–Crippen LogP) is 2.52. The van der Waals surface area contributed by atoms with E-state index in [9.17, 15) is 0 Å². The summed E-state index contributed by atoms with van der Waals surface area (Å²) in [4.78, 5) is 5.06. The smallest absolute Gasteiger partial charge is 0.0836 e. The topological polar surface area (TPSA) is 24.9 Å². The van der Waals surface area contributed by atoms with Crippen LogP contribution in [0.3, 0.4) is 0 Å². The highest BCUT2D eigenvalue weighted by Gasteiger charge is 2.40. The minimum Gasteiger partial charge on any atom is -0.370 e. The van der Waals surface area contributed by atoms with Gasteiger partial charge in [0.2, 0.25) is 0 Å². The van der Waals surface area contributed by atoms with E-state index in [2.05, 4.69) is 44.4 Å². The third kappa shape index (κ3) is 4.67. The maximum absolute atomic E-state index is 6.31. The van der Waals surface area contributed by atoms with Crippen molar-refractivity contribution in [3.8, 4) is 0 Å². The molecule has 3 rings (SSSR count). The van der Waals surface area contributed by atoms with E-state index in [0.717, 1.165) is 45.2 Å². The zero-order chi connectivity index (χ0) is 16.0. The Morgan fingerprint density at radius 3 is 2.00 bits per heavy atom. The lowest BCUT2D eigenvalue weighted by Gasteiger charge is -2.45. The van der Waals surface area contributed by atoms with Crippen molar-refractivity contribution in [2.24, 2.45) is 0 Å². The minimum absolute atomic E-state index is 0.00369. The first-order chi connectivity index (χ1) is 10.2. The molecule has 0 unspecified atom stereocenters. The van der Waals surface area contributed by atoms with Gasteiger partial charge in [0, 0.05) is 38.8 Å². The third-order valence-electron chi connectivity index (χ3n) is 4.90. The largest absolute Gasteiger partial charge is 0.370 e. The second kappa shape index (κ2) is 6.04. The Balaban J connectivity index is 1.28. The molecule has 1 saturated carbocycles. The fraction of sp³-hybridized carbons (Fsp3) is 1.00. The van der Waals surface area contributed by atoms with E-state index >= 15 is 0 Å². The molecule has 0 atom stereocenters. The fourth-order valence-corrected chi connectivity index (χ4v) is 3.50. The molecule has 2 aliphatic heterocycles. The lowest BCUT2D eigenvalue weighted by molar-refractivity contribution is -0.149. The molecule has 128 valence electrons. The summed E-state index contributed by atoms with van der Waals surface area (Å²) in [6, 6.07) is 0.892. The van der Waals surface area contributed by atoms with Crippen LogP contribution in [0.4, 0.5) is 0 Å². The highest BCUT2D eigenvalue weighted by Crippen LogP contribution is 2.33. The van der Waals surface area contributed by atoms with Crippen molar-refractivity contribution in [1.29, 1.82) is 0 Å². The molecule has 4 heteroatoms. The second-order valence-electron chi connectivity index (χ2n) is 9.05. The fourth-order valence-electron chi connectivity index (χ4n) is 3.50. The van der Waals surface area contributed by atoms with Crippen LogP contribution in [0, 0.1) is 0 Å². The van der Waals surface area contributed by atoms with E-state index in [1.165, 1.54) is 12.8 Å². The van der Waals surface area contributed by atoms with Crippen LogP contribution < -0.4 is 0 Å². The Morgan fingerprint density at radius 1 is 0.864 bits per heavy atom. The van der Waals surface area contributed by atoms with Crippen LogP contribution >= 0.6 is 0 Å². The average Bonchev–Trinajstić information content (AvgIpc) is 3.08. The highest BCUT2D eigenvalue weighted by atomic mass is 16.5. The van der Waals surface area contributed by atoms with Gasteiger partial charge in [0.05, 0.1) is 23.4 Å². The molecule has 0 aromatic carbocycles. The van der Waals surface area contributed by atoms with Crippen LogP contribution in [0.25, 0.3) is 0 Å². The predicted molar refractivity (Wildman–Crippen MR) is 89.2 cm³/mol. The summed E-state index contributed by atoms with van der Waals surface area (Å²) in [7, 11) is 0. The van der Waals surface area contributed by atoms with Crippen LogP contribution in [-0.2, 0) is 9.47 Å². The molecule has 2 heterocycles. The van der Waals surface area contributed by atoms with Gasteiger partial charge in [-0.1, -0.05) is 0 Å². The SMILES string of the molecule is CC(C)(C)OC1CN(CCC(C)(C)OC2CN(C3CC3)C2)C1. The summed E-state index contributed by atoms with van der Waals surface area (Å²) in [6.45, 7) is 16.5. The Hall–Kier alpha value is -0.160. The number of likely N-dealkylation sites (tertiary alicyclic amines) is 2. The Labute approximate surface area is 136 Å². The summed E-state index contributed by atoms with van der Waals surface area (Å²) in [5.74, 6) is 0. The van der Waals surface area contributed by atoms with E-state index in [4.69, 9.17) is 9.47 Å². The average molecular weight is 310 g/mol. The van der Waals surface area contributed by atoms with Gasteiger partial charge < -0.3 is 9.47 Å². The minimum atomic E-state index is -0.0171. The zero-order valence-electron chi connectivity index (χ0n) is 15.1. The van der Waals surface area contributed by atoms with Crippen LogP contribution in [-0.4, -0.2) is 72.0 Å². The Morgan fingerprint density at radius 2 is 1.45 bits per heavy atom.